The number of nitrogens with zero attached hydrogens (tertiary/aromatic N) is 3. The molecule has 216 valence electrons. The van der Waals surface area contributed by atoms with Gasteiger partial charge in [0, 0.05) is 25.5 Å². The first kappa shape index (κ1) is 29.3. The fraction of sp³-hybridized carbons (Fsp3) is 0.0938. The fourth-order valence-electron chi connectivity index (χ4n) is 4.50. The molecule has 0 aliphatic carbocycles. The lowest BCUT2D eigenvalue weighted by Gasteiger charge is -2.16. The maximum absolute atomic E-state index is 14.2. The number of halogens is 4. The molecule has 4 aromatic carbocycles. The third-order valence-corrected chi connectivity index (χ3v) is 9.19. The molecular weight excluding hydrogens is 749 g/mol. The van der Waals surface area contributed by atoms with Gasteiger partial charge in [0.1, 0.15) is 18.0 Å². The minimum absolute atomic E-state index is 0.000802. The van der Waals surface area contributed by atoms with Gasteiger partial charge in [0.25, 0.3) is 5.56 Å². The van der Waals surface area contributed by atoms with Crippen LogP contribution in [-0.2, 0) is 6.61 Å². The predicted molar refractivity (Wildman–Crippen MR) is 176 cm³/mol. The van der Waals surface area contributed by atoms with Crippen LogP contribution in [0.4, 0.5) is 4.39 Å². The molecule has 0 saturated carbocycles. The van der Waals surface area contributed by atoms with Crippen LogP contribution < -0.4 is 15.0 Å². The molecule has 43 heavy (non-hydrogen) atoms. The van der Waals surface area contributed by atoms with Gasteiger partial charge in [0.05, 0.1) is 28.2 Å². The first-order valence-electron chi connectivity index (χ1n) is 13.1. The van der Waals surface area contributed by atoms with Crippen LogP contribution in [0.1, 0.15) is 18.1 Å². The second-order valence-electron chi connectivity index (χ2n) is 9.34. The Hall–Kier alpha value is -3.80. The minimum atomic E-state index is -0.360. The van der Waals surface area contributed by atoms with Gasteiger partial charge in [-0.05, 0) is 87.3 Å². The molecule has 6 rings (SSSR count). The van der Waals surface area contributed by atoms with Crippen molar-refractivity contribution in [2.45, 2.75) is 13.5 Å². The maximum atomic E-state index is 14.2. The lowest BCUT2D eigenvalue weighted by molar-refractivity contribution is 0.264. The average molecular weight is 770 g/mol. The van der Waals surface area contributed by atoms with E-state index in [2.05, 4.69) is 52.9 Å². The van der Waals surface area contributed by atoms with Crippen LogP contribution in [0, 0.1) is 5.82 Å². The summed E-state index contributed by atoms with van der Waals surface area (Å²) in [4.78, 5) is 18.4. The summed E-state index contributed by atoms with van der Waals surface area (Å²) in [6.45, 7) is 2.21. The number of fused-ring (bicyclic) bond motifs is 2. The van der Waals surface area contributed by atoms with Crippen LogP contribution in [0.5, 0.6) is 11.5 Å². The Labute approximate surface area is 270 Å². The lowest BCUT2D eigenvalue weighted by Crippen LogP contribution is -2.20. The number of ether oxygens (including phenoxy) is 2. The van der Waals surface area contributed by atoms with Crippen molar-refractivity contribution in [1.29, 1.82) is 0 Å². The molecule has 2 aromatic heterocycles. The van der Waals surface area contributed by atoms with Crippen LogP contribution in [-0.4, -0.2) is 22.5 Å². The molecule has 0 aliphatic heterocycles. The first-order chi connectivity index (χ1) is 20.8. The summed E-state index contributed by atoms with van der Waals surface area (Å²) < 4.78 is 35.4. The van der Waals surface area contributed by atoms with Crippen molar-refractivity contribution in [2.24, 2.45) is 5.10 Å². The molecule has 11 heteroatoms. The zero-order chi connectivity index (χ0) is 30.1. The number of para-hydroxylation sites is 1. The van der Waals surface area contributed by atoms with Gasteiger partial charge in [-0.25, -0.2) is 9.37 Å². The normalized spacial score (nSPS) is 11.6. The van der Waals surface area contributed by atoms with Crippen molar-refractivity contribution in [3.8, 4) is 23.1 Å². The van der Waals surface area contributed by atoms with Crippen molar-refractivity contribution in [1.82, 2.24) is 9.66 Å². The molecule has 0 aliphatic rings. The summed E-state index contributed by atoms with van der Waals surface area (Å²) in [5.41, 5.74) is 1.81. The van der Waals surface area contributed by atoms with Gasteiger partial charge < -0.3 is 13.9 Å². The third kappa shape index (κ3) is 5.89. The molecule has 7 nitrogen and oxygen atoms in total. The van der Waals surface area contributed by atoms with E-state index in [1.165, 1.54) is 17.0 Å². The van der Waals surface area contributed by atoms with E-state index < -0.39 is 0 Å². The molecule has 2 heterocycles. The van der Waals surface area contributed by atoms with Crippen LogP contribution in [0.3, 0.4) is 0 Å². The molecular formula is C32H21Br3FN3O4. The van der Waals surface area contributed by atoms with Gasteiger partial charge in [-0.3, -0.25) is 4.79 Å². The topological polar surface area (TPSA) is 78.9 Å². The number of hydrogen-bond donors (Lipinski definition) is 0. The first-order valence-corrected chi connectivity index (χ1v) is 15.5. The molecule has 0 spiro atoms. The van der Waals surface area contributed by atoms with Crippen molar-refractivity contribution in [2.75, 3.05) is 6.61 Å². The standard InChI is InChI=1S/C32H21Br3FN3O4/c1-2-41-26-15-20(28(34)29(35)30(26)42-17-18-7-3-5-9-23(18)36)16-37-39-31(38-24-10-6-4-8-22(24)32(39)40)27-14-19-13-21(33)11-12-25(19)43-27/h3-16H,2,17H2,1H3. The molecule has 0 bridgehead atoms. The number of furan rings is 1. The fourth-order valence-corrected chi connectivity index (χ4v) is 5.81. The Morgan fingerprint density at radius 1 is 0.977 bits per heavy atom. The molecule has 0 atom stereocenters. The summed E-state index contributed by atoms with van der Waals surface area (Å²) in [7, 11) is 0. The van der Waals surface area contributed by atoms with E-state index in [-0.39, 0.29) is 23.8 Å². The second-order valence-corrected chi connectivity index (χ2v) is 11.8. The minimum Gasteiger partial charge on any atom is -0.490 e. The van der Waals surface area contributed by atoms with Gasteiger partial charge in [-0.2, -0.15) is 9.78 Å². The molecule has 0 N–H and O–H groups in total. The molecule has 0 unspecified atom stereocenters. The summed E-state index contributed by atoms with van der Waals surface area (Å²) in [5, 5.41) is 5.84. The Morgan fingerprint density at radius 2 is 1.77 bits per heavy atom. The van der Waals surface area contributed by atoms with E-state index in [9.17, 15) is 9.18 Å². The monoisotopic (exact) mass is 767 g/mol. The molecule has 6 aromatic rings. The molecule has 0 saturated heterocycles. The van der Waals surface area contributed by atoms with Crippen LogP contribution in [0.2, 0.25) is 0 Å². The molecule has 0 amide bonds. The Bertz CT molecular complexity index is 2090. The van der Waals surface area contributed by atoms with Crippen molar-refractivity contribution >= 4 is 75.9 Å². The summed E-state index contributed by atoms with van der Waals surface area (Å²) in [6.07, 6.45) is 1.53. The highest BCUT2D eigenvalue weighted by molar-refractivity contribution is 9.13. The Kier molecular flexibility index (Phi) is 8.47. The Balaban J connectivity index is 1.44. The number of rotatable bonds is 8. The number of benzene rings is 4. The maximum Gasteiger partial charge on any atom is 0.282 e. The largest absolute Gasteiger partial charge is 0.490 e. The summed E-state index contributed by atoms with van der Waals surface area (Å²) >= 11 is 10.7. The highest BCUT2D eigenvalue weighted by Crippen LogP contribution is 2.43. The Morgan fingerprint density at radius 3 is 2.58 bits per heavy atom. The van der Waals surface area contributed by atoms with E-state index in [1.807, 2.05) is 37.3 Å². The highest BCUT2D eigenvalue weighted by atomic mass is 79.9. The number of aromatic nitrogens is 2. The van der Waals surface area contributed by atoms with Crippen LogP contribution in [0.25, 0.3) is 33.5 Å². The van der Waals surface area contributed by atoms with Crippen LogP contribution >= 0.6 is 47.8 Å². The van der Waals surface area contributed by atoms with E-state index in [0.29, 0.717) is 60.4 Å². The van der Waals surface area contributed by atoms with Gasteiger partial charge in [-0.15, -0.1) is 0 Å². The van der Waals surface area contributed by atoms with Crippen LogP contribution in [0.15, 0.2) is 107 Å². The quantitative estimate of drug-likeness (QED) is 0.144. The second kappa shape index (κ2) is 12.4. The van der Waals surface area contributed by atoms with Crippen molar-refractivity contribution < 1.29 is 18.3 Å². The van der Waals surface area contributed by atoms with Gasteiger partial charge in [0.2, 0.25) is 5.82 Å². The van der Waals surface area contributed by atoms with Gasteiger partial charge in [0.15, 0.2) is 17.3 Å². The average Bonchev–Trinajstić information content (AvgIpc) is 3.42. The lowest BCUT2D eigenvalue weighted by atomic mass is 10.2. The molecule has 0 fully saturated rings. The van der Waals surface area contributed by atoms with Crippen molar-refractivity contribution in [3.05, 3.63) is 120 Å². The van der Waals surface area contributed by atoms with E-state index >= 15 is 0 Å². The third-order valence-electron chi connectivity index (χ3n) is 6.55. The number of hydrogen-bond acceptors (Lipinski definition) is 6. The van der Waals surface area contributed by atoms with E-state index in [1.54, 1.807) is 42.5 Å². The van der Waals surface area contributed by atoms with Crippen molar-refractivity contribution in [3.63, 3.8) is 0 Å². The van der Waals surface area contributed by atoms with Gasteiger partial charge >= 0.3 is 0 Å². The smallest absolute Gasteiger partial charge is 0.282 e. The van der Waals surface area contributed by atoms with E-state index in [0.717, 1.165) is 9.86 Å². The van der Waals surface area contributed by atoms with Gasteiger partial charge in [-0.1, -0.05) is 46.3 Å². The summed E-state index contributed by atoms with van der Waals surface area (Å²) in [5.74, 6) is 1.09. The molecule has 0 radical (unpaired) electrons. The van der Waals surface area contributed by atoms with E-state index in [4.69, 9.17) is 18.9 Å². The predicted octanol–water partition coefficient (Wildman–Crippen LogP) is 9.10. The zero-order valence-corrected chi connectivity index (χ0v) is 27.2. The zero-order valence-electron chi connectivity index (χ0n) is 22.5. The summed E-state index contributed by atoms with van der Waals surface area (Å²) in [6, 6.07) is 22.7. The highest BCUT2D eigenvalue weighted by Gasteiger charge is 2.20. The SMILES string of the molecule is CCOc1cc(C=Nn2c(-c3cc4cc(Br)ccc4o3)nc3ccccc3c2=O)c(Br)c(Br)c1OCc1ccccc1F.